The van der Waals surface area contributed by atoms with E-state index in [0.29, 0.717) is 5.02 Å². The van der Waals surface area contributed by atoms with E-state index in [1.54, 1.807) is 18.2 Å². The molecule has 17 heavy (non-hydrogen) atoms. The molecule has 0 amide bonds. The number of hydrogen-bond donors (Lipinski definition) is 1. The van der Waals surface area contributed by atoms with Gasteiger partial charge in [-0.1, -0.05) is 29.8 Å². The molecule has 0 heterocycles. The summed E-state index contributed by atoms with van der Waals surface area (Å²) in [5.74, 6) is -0.925. The van der Waals surface area contributed by atoms with Gasteiger partial charge in [-0.3, -0.25) is 0 Å². The third kappa shape index (κ3) is 2.66. The number of carbonyl (C=O) groups is 1. The molecule has 0 bridgehead atoms. The average Bonchev–Trinajstić information content (AvgIpc) is 2.28. The van der Waals surface area contributed by atoms with Crippen molar-refractivity contribution in [1.82, 2.24) is 0 Å². The first kappa shape index (κ1) is 11.7. The SMILES string of the molecule is Cc1cc(Cl)cc(-c2cccc(C(=O)O)c2)c1. The van der Waals surface area contributed by atoms with Gasteiger partial charge in [0.05, 0.1) is 5.56 Å². The van der Waals surface area contributed by atoms with Crippen molar-refractivity contribution in [1.29, 1.82) is 0 Å². The van der Waals surface area contributed by atoms with Gasteiger partial charge < -0.3 is 5.11 Å². The number of aryl methyl sites for hydroxylation is 1. The summed E-state index contributed by atoms with van der Waals surface area (Å²) in [6.45, 7) is 1.95. The van der Waals surface area contributed by atoms with Crippen LogP contribution in [0, 0.1) is 6.92 Å². The van der Waals surface area contributed by atoms with Crippen LogP contribution in [0.2, 0.25) is 5.02 Å². The van der Waals surface area contributed by atoms with E-state index in [0.717, 1.165) is 16.7 Å². The highest BCUT2D eigenvalue weighted by atomic mass is 35.5. The molecule has 0 aliphatic rings. The number of benzene rings is 2. The van der Waals surface area contributed by atoms with Crippen LogP contribution in [-0.2, 0) is 0 Å². The maximum absolute atomic E-state index is 10.9. The van der Waals surface area contributed by atoms with Crippen LogP contribution in [0.25, 0.3) is 11.1 Å². The minimum absolute atomic E-state index is 0.278. The molecule has 0 aromatic heterocycles. The molecule has 0 saturated carbocycles. The molecule has 86 valence electrons. The fourth-order valence-electron chi connectivity index (χ4n) is 1.73. The van der Waals surface area contributed by atoms with Crippen LogP contribution >= 0.6 is 11.6 Å². The van der Waals surface area contributed by atoms with Crippen molar-refractivity contribution in [3.63, 3.8) is 0 Å². The standard InChI is InChI=1S/C14H11ClO2/c1-9-5-12(8-13(15)6-9)10-3-2-4-11(7-10)14(16)17/h2-8H,1H3,(H,16,17). The maximum Gasteiger partial charge on any atom is 0.335 e. The summed E-state index contributed by atoms with van der Waals surface area (Å²) in [5, 5.41) is 9.59. The van der Waals surface area contributed by atoms with E-state index in [4.69, 9.17) is 16.7 Å². The molecular formula is C14H11ClO2. The molecule has 0 unspecified atom stereocenters. The van der Waals surface area contributed by atoms with Crippen LogP contribution in [-0.4, -0.2) is 11.1 Å². The molecule has 2 nitrogen and oxygen atoms in total. The average molecular weight is 247 g/mol. The predicted octanol–water partition coefficient (Wildman–Crippen LogP) is 4.01. The van der Waals surface area contributed by atoms with Crippen molar-refractivity contribution in [2.24, 2.45) is 0 Å². The lowest BCUT2D eigenvalue weighted by atomic mass is 10.0. The molecule has 2 rings (SSSR count). The lowest BCUT2D eigenvalue weighted by molar-refractivity contribution is 0.0697. The molecule has 0 spiro atoms. The molecule has 2 aromatic carbocycles. The fourth-order valence-corrected chi connectivity index (χ4v) is 2.02. The fraction of sp³-hybridized carbons (Fsp3) is 0.0714. The highest BCUT2D eigenvalue weighted by Gasteiger charge is 2.05. The van der Waals surface area contributed by atoms with E-state index < -0.39 is 5.97 Å². The maximum atomic E-state index is 10.9. The molecule has 0 radical (unpaired) electrons. The van der Waals surface area contributed by atoms with Gasteiger partial charge in [-0.2, -0.15) is 0 Å². The monoisotopic (exact) mass is 246 g/mol. The lowest BCUT2D eigenvalue weighted by Crippen LogP contribution is -1.95. The molecule has 2 aromatic rings. The van der Waals surface area contributed by atoms with Gasteiger partial charge in [0.1, 0.15) is 0 Å². The van der Waals surface area contributed by atoms with Crippen molar-refractivity contribution in [2.75, 3.05) is 0 Å². The van der Waals surface area contributed by atoms with Crippen molar-refractivity contribution < 1.29 is 9.90 Å². The van der Waals surface area contributed by atoms with Crippen LogP contribution in [0.5, 0.6) is 0 Å². The van der Waals surface area contributed by atoms with Crippen molar-refractivity contribution in [2.45, 2.75) is 6.92 Å². The summed E-state index contributed by atoms with van der Waals surface area (Å²) in [6, 6.07) is 12.5. The predicted molar refractivity (Wildman–Crippen MR) is 68.6 cm³/mol. The number of carboxylic acid groups (broad SMARTS) is 1. The normalized spacial score (nSPS) is 10.2. The van der Waals surface area contributed by atoms with Crippen molar-refractivity contribution in [3.05, 3.63) is 58.6 Å². The Balaban J connectivity index is 2.52. The van der Waals surface area contributed by atoms with Crippen LogP contribution < -0.4 is 0 Å². The smallest absolute Gasteiger partial charge is 0.335 e. The van der Waals surface area contributed by atoms with E-state index in [2.05, 4.69) is 0 Å². The Bertz CT molecular complexity index is 556. The Morgan fingerprint density at radius 2 is 1.88 bits per heavy atom. The molecule has 1 N–H and O–H groups in total. The Labute approximate surface area is 104 Å². The lowest BCUT2D eigenvalue weighted by Gasteiger charge is -2.05. The van der Waals surface area contributed by atoms with Gasteiger partial charge in [0.2, 0.25) is 0 Å². The van der Waals surface area contributed by atoms with E-state index in [1.165, 1.54) is 0 Å². The van der Waals surface area contributed by atoms with Crippen LogP contribution in [0.1, 0.15) is 15.9 Å². The van der Waals surface area contributed by atoms with Crippen LogP contribution in [0.4, 0.5) is 0 Å². The van der Waals surface area contributed by atoms with Gasteiger partial charge in [-0.15, -0.1) is 0 Å². The van der Waals surface area contributed by atoms with E-state index in [1.807, 2.05) is 31.2 Å². The molecule has 0 aliphatic carbocycles. The van der Waals surface area contributed by atoms with Gasteiger partial charge in [0.15, 0.2) is 0 Å². The molecule has 0 saturated heterocycles. The summed E-state index contributed by atoms with van der Waals surface area (Å²) in [4.78, 5) is 10.9. The second-order valence-corrected chi connectivity index (χ2v) is 4.34. The van der Waals surface area contributed by atoms with Gasteiger partial charge in [-0.05, 0) is 47.9 Å². The number of aromatic carboxylic acids is 1. The first-order valence-electron chi connectivity index (χ1n) is 5.17. The largest absolute Gasteiger partial charge is 0.478 e. The highest BCUT2D eigenvalue weighted by Crippen LogP contribution is 2.25. The third-order valence-corrected chi connectivity index (χ3v) is 2.70. The molecule has 0 fully saturated rings. The molecule has 0 aliphatic heterocycles. The zero-order chi connectivity index (χ0) is 12.4. The van der Waals surface area contributed by atoms with Gasteiger partial charge in [0, 0.05) is 5.02 Å². The van der Waals surface area contributed by atoms with Gasteiger partial charge in [-0.25, -0.2) is 4.79 Å². The van der Waals surface area contributed by atoms with Gasteiger partial charge >= 0.3 is 5.97 Å². The Morgan fingerprint density at radius 1 is 1.12 bits per heavy atom. The quantitative estimate of drug-likeness (QED) is 0.869. The number of hydrogen-bond acceptors (Lipinski definition) is 1. The highest BCUT2D eigenvalue weighted by molar-refractivity contribution is 6.31. The minimum atomic E-state index is -0.925. The Hall–Kier alpha value is -1.80. The summed E-state index contributed by atoms with van der Waals surface area (Å²) >= 11 is 5.99. The van der Waals surface area contributed by atoms with E-state index in [-0.39, 0.29) is 5.56 Å². The minimum Gasteiger partial charge on any atom is -0.478 e. The first-order valence-corrected chi connectivity index (χ1v) is 5.55. The Morgan fingerprint density at radius 3 is 2.53 bits per heavy atom. The van der Waals surface area contributed by atoms with Crippen molar-refractivity contribution >= 4 is 17.6 Å². The van der Waals surface area contributed by atoms with E-state index >= 15 is 0 Å². The Kier molecular flexibility index (Phi) is 3.16. The first-order chi connectivity index (χ1) is 8.06. The number of rotatable bonds is 2. The second-order valence-electron chi connectivity index (χ2n) is 3.90. The summed E-state index contributed by atoms with van der Waals surface area (Å²) in [7, 11) is 0. The summed E-state index contributed by atoms with van der Waals surface area (Å²) < 4.78 is 0. The number of carboxylic acids is 1. The zero-order valence-corrected chi connectivity index (χ0v) is 10.0. The topological polar surface area (TPSA) is 37.3 Å². The van der Waals surface area contributed by atoms with Crippen LogP contribution in [0.15, 0.2) is 42.5 Å². The summed E-state index contributed by atoms with van der Waals surface area (Å²) in [6.07, 6.45) is 0. The third-order valence-electron chi connectivity index (χ3n) is 2.48. The van der Waals surface area contributed by atoms with Crippen molar-refractivity contribution in [3.8, 4) is 11.1 Å². The molecular weight excluding hydrogens is 236 g/mol. The zero-order valence-electron chi connectivity index (χ0n) is 9.27. The summed E-state index contributed by atoms with van der Waals surface area (Å²) in [5.41, 5.74) is 3.11. The van der Waals surface area contributed by atoms with Crippen LogP contribution in [0.3, 0.4) is 0 Å². The van der Waals surface area contributed by atoms with E-state index in [9.17, 15) is 4.79 Å². The number of halogens is 1. The second kappa shape index (κ2) is 4.60. The molecule has 3 heteroatoms. The van der Waals surface area contributed by atoms with Gasteiger partial charge in [0.25, 0.3) is 0 Å². The molecule has 0 atom stereocenters.